The number of anilines is 1. The van der Waals surface area contributed by atoms with Gasteiger partial charge in [-0.2, -0.15) is 10.5 Å². The maximum Gasteiger partial charge on any atom is 0.319 e. The van der Waals surface area contributed by atoms with Crippen molar-refractivity contribution in [3.63, 3.8) is 0 Å². The Balaban J connectivity index is 2.77. The lowest BCUT2D eigenvalue weighted by molar-refractivity contribution is 0.252. The van der Waals surface area contributed by atoms with Crippen LogP contribution in [0.15, 0.2) is 18.2 Å². The predicted molar refractivity (Wildman–Crippen MR) is 63.2 cm³/mol. The van der Waals surface area contributed by atoms with Crippen LogP contribution in [0.25, 0.3) is 0 Å². The number of rotatable bonds is 3. The van der Waals surface area contributed by atoms with Gasteiger partial charge in [0.1, 0.15) is 12.1 Å². The predicted octanol–water partition coefficient (Wildman–Crippen LogP) is 1.96. The van der Waals surface area contributed by atoms with E-state index in [0.717, 1.165) is 6.42 Å². The van der Waals surface area contributed by atoms with Gasteiger partial charge in [-0.15, -0.1) is 0 Å². The average molecular weight is 228 g/mol. The Labute approximate surface area is 99.7 Å². The molecule has 0 spiro atoms. The number of nitriles is 2. The van der Waals surface area contributed by atoms with E-state index >= 15 is 0 Å². The second-order valence-corrected chi connectivity index (χ2v) is 3.36. The van der Waals surface area contributed by atoms with Crippen LogP contribution in [0.1, 0.15) is 24.5 Å². The molecular weight excluding hydrogens is 216 g/mol. The van der Waals surface area contributed by atoms with E-state index in [-0.39, 0.29) is 11.6 Å². The van der Waals surface area contributed by atoms with Gasteiger partial charge in [-0.25, -0.2) is 4.79 Å². The summed E-state index contributed by atoms with van der Waals surface area (Å²) in [6.45, 7) is 2.54. The van der Waals surface area contributed by atoms with Crippen molar-refractivity contribution in [2.45, 2.75) is 13.3 Å². The van der Waals surface area contributed by atoms with Gasteiger partial charge in [0.2, 0.25) is 0 Å². The van der Waals surface area contributed by atoms with Crippen molar-refractivity contribution < 1.29 is 4.79 Å². The Morgan fingerprint density at radius 2 is 2.00 bits per heavy atom. The molecule has 0 radical (unpaired) electrons. The van der Waals surface area contributed by atoms with Gasteiger partial charge in [0, 0.05) is 12.2 Å². The number of amides is 2. The highest BCUT2D eigenvalue weighted by atomic mass is 16.2. The third-order valence-electron chi connectivity index (χ3n) is 2.05. The van der Waals surface area contributed by atoms with Crippen molar-refractivity contribution in [2.24, 2.45) is 0 Å². The summed E-state index contributed by atoms with van der Waals surface area (Å²) < 4.78 is 0. The van der Waals surface area contributed by atoms with E-state index in [1.165, 1.54) is 12.1 Å². The van der Waals surface area contributed by atoms with Gasteiger partial charge < -0.3 is 10.6 Å². The zero-order valence-electron chi connectivity index (χ0n) is 9.45. The number of hydrogen-bond acceptors (Lipinski definition) is 3. The van der Waals surface area contributed by atoms with Gasteiger partial charge in [-0.3, -0.25) is 0 Å². The minimum Gasteiger partial charge on any atom is -0.338 e. The molecule has 1 rings (SSSR count). The zero-order chi connectivity index (χ0) is 12.7. The van der Waals surface area contributed by atoms with E-state index in [4.69, 9.17) is 10.5 Å². The summed E-state index contributed by atoms with van der Waals surface area (Å²) in [7, 11) is 0. The molecule has 2 amide bonds. The Morgan fingerprint density at radius 1 is 1.29 bits per heavy atom. The van der Waals surface area contributed by atoms with Crippen LogP contribution in [0.2, 0.25) is 0 Å². The minimum absolute atomic E-state index is 0.251. The second-order valence-electron chi connectivity index (χ2n) is 3.36. The molecule has 0 unspecified atom stereocenters. The van der Waals surface area contributed by atoms with Gasteiger partial charge in [0.25, 0.3) is 0 Å². The Bertz CT molecular complexity index is 496. The molecule has 5 nitrogen and oxygen atoms in total. The molecule has 0 heterocycles. The lowest BCUT2D eigenvalue weighted by Crippen LogP contribution is -2.29. The van der Waals surface area contributed by atoms with Crippen molar-refractivity contribution in [2.75, 3.05) is 11.9 Å². The molecule has 0 aliphatic rings. The van der Waals surface area contributed by atoms with Gasteiger partial charge in [0.15, 0.2) is 0 Å². The summed E-state index contributed by atoms with van der Waals surface area (Å²) in [5.41, 5.74) is 1.04. The molecule has 0 saturated heterocycles. The molecule has 0 aliphatic carbocycles. The van der Waals surface area contributed by atoms with Crippen LogP contribution in [-0.4, -0.2) is 12.6 Å². The SMILES string of the molecule is CCCNC(=O)Nc1ccc(C#N)c(C#N)c1. The molecule has 17 heavy (non-hydrogen) atoms. The van der Waals surface area contributed by atoms with E-state index < -0.39 is 0 Å². The van der Waals surface area contributed by atoms with E-state index in [2.05, 4.69) is 10.6 Å². The van der Waals surface area contributed by atoms with Crippen LogP contribution in [0, 0.1) is 22.7 Å². The summed E-state index contributed by atoms with van der Waals surface area (Å²) in [5, 5.41) is 22.8. The number of hydrogen-bond donors (Lipinski definition) is 2. The highest BCUT2D eigenvalue weighted by molar-refractivity contribution is 5.89. The van der Waals surface area contributed by atoms with Crippen LogP contribution in [0.4, 0.5) is 10.5 Å². The molecular formula is C12H12N4O. The normalized spacial score (nSPS) is 8.88. The Hall–Kier alpha value is -2.53. The summed E-state index contributed by atoms with van der Waals surface area (Å²) in [6.07, 6.45) is 0.851. The number of carbonyl (C=O) groups excluding carboxylic acids is 1. The van der Waals surface area contributed by atoms with Crippen LogP contribution in [-0.2, 0) is 0 Å². The number of urea groups is 1. The fraction of sp³-hybridized carbons (Fsp3) is 0.250. The van der Waals surface area contributed by atoms with Crippen molar-refractivity contribution in [1.82, 2.24) is 5.32 Å². The molecule has 0 saturated carbocycles. The average Bonchev–Trinajstić information content (AvgIpc) is 2.36. The van der Waals surface area contributed by atoms with Gasteiger partial charge in [-0.05, 0) is 24.6 Å². The van der Waals surface area contributed by atoms with Crippen LogP contribution in [0.3, 0.4) is 0 Å². The summed E-state index contributed by atoms with van der Waals surface area (Å²) in [5.74, 6) is 0. The molecule has 0 atom stereocenters. The first-order valence-corrected chi connectivity index (χ1v) is 5.20. The maximum atomic E-state index is 11.4. The first-order chi connectivity index (χ1) is 8.21. The van der Waals surface area contributed by atoms with E-state index in [1.54, 1.807) is 6.07 Å². The number of nitrogens with zero attached hydrogens (tertiary/aromatic N) is 2. The fourth-order valence-electron chi connectivity index (χ4n) is 1.23. The smallest absolute Gasteiger partial charge is 0.319 e. The lowest BCUT2D eigenvalue weighted by Gasteiger charge is -2.07. The van der Waals surface area contributed by atoms with Crippen LogP contribution < -0.4 is 10.6 Å². The monoisotopic (exact) mass is 228 g/mol. The van der Waals surface area contributed by atoms with Gasteiger partial charge >= 0.3 is 6.03 Å². The summed E-state index contributed by atoms with van der Waals surface area (Å²) in [6, 6.07) is 8.07. The van der Waals surface area contributed by atoms with Crippen molar-refractivity contribution in [3.05, 3.63) is 29.3 Å². The van der Waals surface area contributed by atoms with E-state index in [9.17, 15) is 4.79 Å². The first kappa shape index (κ1) is 12.5. The largest absolute Gasteiger partial charge is 0.338 e. The van der Waals surface area contributed by atoms with Crippen molar-refractivity contribution in [3.8, 4) is 12.1 Å². The molecule has 1 aromatic rings. The first-order valence-electron chi connectivity index (χ1n) is 5.20. The molecule has 1 aromatic carbocycles. The fourth-order valence-corrected chi connectivity index (χ4v) is 1.23. The third kappa shape index (κ3) is 3.51. The van der Waals surface area contributed by atoms with Gasteiger partial charge in [-0.1, -0.05) is 6.92 Å². The Kier molecular flexibility index (Phi) is 4.53. The van der Waals surface area contributed by atoms with E-state index in [1.807, 2.05) is 19.1 Å². The van der Waals surface area contributed by atoms with Crippen molar-refractivity contribution >= 4 is 11.7 Å². The third-order valence-corrected chi connectivity index (χ3v) is 2.05. The molecule has 0 aliphatic heterocycles. The number of benzene rings is 1. The second kappa shape index (κ2) is 6.14. The maximum absolute atomic E-state index is 11.4. The highest BCUT2D eigenvalue weighted by Gasteiger charge is 2.05. The quantitative estimate of drug-likeness (QED) is 0.828. The highest BCUT2D eigenvalue weighted by Crippen LogP contribution is 2.14. The van der Waals surface area contributed by atoms with Crippen LogP contribution in [0.5, 0.6) is 0 Å². The summed E-state index contributed by atoms with van der Waals surface area (Å²) in [4.78, 5) is 11.4. The number of nitrogens with one attached hydrogen (secondary N) is 2. The molecule has 2 N–H and O–H groups in total. The molecule has 0 bridgehead atoms. The molecule has 0 aromatic heterocycles. The molecule has 86 valence electrons. The number of carbonyl (C=O) groups is 1. The summed E-state index contributed by atoms with van der Waals surface area (Å²) >= 11 is 0. The molecule has 5 heteroatoms. The topological polar surface area (TPSA) is 88.7 Å². The van der Waals surface area contributed by atoms with Crippen molar-refractivity contribution in [1.29, 1.82) is 10.5 Å². The van der Waals surface area contributed by atoms with Gasteiger partial charge in [0.05, 0.1) is 11.1 Å². The minimum atomic E-state index is -0.319. The van der Waals surface area contributed by atoms with Crippen LogP contribution >= 0.6 is 0 Å². The Morgan fingerprint density at radius 3 is 2.59 bits per heavy atom. The zero-order valence-corrected chi connectivity index (χ0v) is 9.45. The molecule has 0 fully saturated rings. The lowest BCUT2D eigenvalue weighted by atomic mass is 10.1. The standard InChI is InChI=1S/C12H12N4O/c1-2-5-15-12(17)16-11-4-3-9(7-13)10(6-11)8-14/h3-4,6H,2,5H2,1H3,(H2,15,16,17). The van der Waals surface area contributed by atoms with E-state index in [0.29, 0.717) is 17.8 Å².